The average Bonchev–Trinajstić information content (AvgIpc) is 3.30. The molecule has 1 N–H and O–H groups in total. The molecule has 5 aliphatic rings. The van der Waals surface area contributed by atoms with E-state index in [1.54, 1.807) is 12.1 Å². The van der Waals surface area contributed by atoms with Gasteiger partial charge >= 0.3 is 0 Å². The maximum atomic E-state index is 15.8. The number of benzene rings is 3. The van der Waals surface area contributed by atoms with Crippen LogP contribution < -0.4 is 5.32 Å². The Morgan fingerprint density at radius 3 is 2.39 bits per heavy atom. The van der Waals surface area contributed by atoms with Gasteiger partial charge in [0.1, 0.15) is 11.9 Å². The Balaban J connectivity index is 1.02. The van der Waals surface area contributed by atoms with Crippen LogP contribution in [0, 0.1) is 5.82 Å². The van der Waals surface area contributed by atoms with Crippen molar-refractivity contribution >= 4 is 29.3 Å². The summed E-state index contributed by atoms with van der Waals surface area (Å²) in [5, 5.41) is 3.02. The fraction of sp³-hybridized carbons (Fsp3) is 0.344. The summed E-state index contributed by atoms with van der Waals surface area (Å²) in [6, 6.07) is 19.8. The van der Waals surface area contributed by atoms with Gasteiger partial charge in [0.15, 0.2) is 0 Å². The zero-order valence-electron chi connectivity index (χ0n) is 22.5. The molecule has 0 radical (unpaired) electrons. The number of fused-ring (bicyclic) bond motifs is 3. The van der Waals surface area contributed by atoms with E-state index in [-0.39, 0.29) is 37.0 Å². The number of amides is 3. The number of halogens is 2. The smallest absolute Gasteiger partial charge is 0.255 e. The molecule has 3 aromatic carbocycles. The molecule has 0 spiro atoms. The molecule has 210 valence electrons. The average molecular weight is 573 g/mol. The normalized spacial score (nSPS) is 24.3. The predicted octanol–water partition coefficient (Wildman–Crippen LogP) is 4.37. The number of nitrogens with zero attached hydrogens (tertiary/aromatic N) is 3. The van der Waals surface area contributed by atoms with E-state index in [4.69, 9.17) is 11.6 Å². The Labute approximate surface area is 242 Å². The molecule has 7 nitrogen and oxygen atoms in total. The molecule has 3 amide bonds. The van der Waals surface area contributed by atoms with Gasteiger partial charge in [-0.2, -0.15) is 0 Å². The minimum atomic E-state index is -0.749. The number of carbonyl (C=O) groups excluding carboxylic acids is 3. The molecule has 4 fully saturated rings. The molecule has 2 bridgehead atoms. The van der Waals surface area contributed by atoms with Gasteiger partial charge in [-0.15, -0.1) is 0 Å². The summed E-state index contributed by atoms with van der Waals surface area (Å²) >= 11 is 6.10. The molecule has 3 atom stereocenters. The van der Waals surface area contributed by atoms with Crippen LogP contribution in [0.1, 0.15) is 46.3 Å². The first-order valence-electron chi connectivity index (χ1n) is 14.1. The zero-order valence-corrected chi connectivity index (χ0v) is 23.2. The highest BCUT2D eigenvalue weighted by Crippen LogP contribution is 2.37. The second-order valence-corrected chi connectivity index (χ2v) is 12.0. The van der Waals surface area contributed by atoms with Crippen LogP contribution >= 0.6 is 11.6 Å². The van der Waals surface area contributed by atoms with Crippen molar-refractivity contribution in [2.45, 2.75) is 57.0 Å². The molecule has 0 aromatic heterocycles. The minimum Gasteiger partial charge on any atom is -0.322 e. The molecule has 5 heterocycles. The van der Waals surface area contributed by atoms with Crippen LogP contribution in [0.15, 0.2) is 60.7 Å². The standard InChI is InChI=1S/C32H30ClFN4O3/c33-22-8-5-19(6-9-22)25-4-2-1-3-20(25)14-36-16-23-13-24(17-36)37(23)15-21-7-10-26-27(30(21)34)18-38(32(26)41)28-11-12-29(39)35-31(28)40/h1-10,23-24,28H,11-18H2,(H,35,39,40). The number of piperazine rings is 1. The summed E-state index contributed by atoms with van der Waals surface area (Å²) in [4.78, 5) is 43.2. The number of hydrogen-bond acceptors (Lipinski definition) is 5. The summed E-state index contributed by atoms with van der Waals surface area (Å²) in [7, 11) is 0. The molecular weight excluding hydrogens is 543 g/mol. The second kappa shape index (κ2) is 10.4. The van der Waals surface area contributed by atoms with Crippen molar-refractivity contribution in [1.29, 1.82) is 0 Å². The van der Waals surface area contributed by atoms with E-state index in [2.05, 4.69) is 51.5 Å². The van der Waals surface area contributed by atoms with Gasteiger partial charge < -0.3 is 4.90 Å². The van der Waals surface area contributed by atoms with E-state index in [0.717, 1.165) is 36.6 Å². The summed E-state index contributed by atoms with van der Waals surface area (Å²) in [6.45, 7) is 3.23. The summed E-state index contributed by atoms with van der Waals surface area (Å²) < 4.78 is 15.8. The van der Waals surface area contributed by atoms with E-state index in [1.165, 1.54) is 16.0 Å². The third kappa shape index (κ3) is 4.74. The van der Waals surface area contributed by atoms with Crippen LogP contribution in [0.2, 0.25) is 5.02 Å². The van der Waals surface area contributed by atoms with Gasteiger partial charge in [-0.1, -0.05) is 54.1 Å². The number of nitrogens with one attached hydrogen (secondary N) is 1. The van der Waals surface area contributed by atoms with Crippen molar-refractivity contribution in [2.75, 3.05) is 13.1 Å². The number of hydrogen-bond donors (Lipinski definition) is 1. The Kier molecular flexibility index (Phi) is 6.64. The first-order chi connectivity index (χ1) is 19.9. The van der Waals surface area contributed by atoms with Crippen molar-refractivity contribution in [3.63, 3.8) is 0 Å². The third-order valence-corrected chi connectivity index (χ3v) is 9.32. The summed E-state index contributed by atoms with van der Waals surface area (Å²) in [5.41, 5.74) is 4.88. The molecule has 5 aliphatic heterocycles. The summed E-state index contributed by atoms with van der Waals surface area (Å²) in [5.74, 6) is -1.54. The maximum absolute atomic E-state index is 15.8. The Morgan fingerprint density at radius 2 is 1.63 bits per heavy atom. The first kappa shape index (κ1) is 26.3. The first-order valence-corrected chi connectivity index (χ1v) is 14.5. The third-order valence-electron chi connectivity index (χ3n) is 9.07. The number of rotatable bonds is 6. The van der Waals surface area contributed by atoms with Gasteiger partial charge in [0.25, 0.3) is 5.91 Å². The van der Waals surface area contributed by atoms with Gasteiger partial charge in [-0.3, -0.25) is 29.5 Å². The largest absolute Gasteiger partial charge is 0.322 e. The van der Waals surface area contributed by atoms with Gasteiger partial charge in [0.2, 0.25) is 11.8 Å². The highest BCUT2D eigenvalue weighted by molar-refractivity contribution is 6.30. The lowest BCUT2D eigenvalue weighted by Crippen LogP contribution is -2.67. The minimum absolute atomic E-state index is 0.0494. The predicted molar refractivity (Wildman–Crippen MR) is 152 cm³/mol. The lowest BCUT2D eigenvalue weighted by Gasteiger charge is -2.56. The Morgan fingerprint density at radius 1 is 0.878 bits per heavy atom. The van der Waals surface area contributed by atoms with E-state index in [0.29, 0.717) is 35.3 Å². The zero-order chi connectivity index (χ0) is 28.2. The number of imide groups is 1. The monoisotopic (exact) mass is 572 g/mol. The van der Waals surface area contributed by atoms with Gasteiger partial charge in [0, 0.05) is 66.4 Å². The van der Waals surface area contributed by atoms with Crippen LogP contribution in [-0.2, 0) is 29.2 Å². The molecule has 3 aromatic rings. The molecular formula is C32H30ClFN4O3. The van der Waals surface area contributed by atoms with Crippen molar-refractivity contribution in [3.05, 3.63) is 93.8 Å². The highest BCUT2D eigenvalue weighted by atomic mass is 35.5. The van der Waals surface area contributed by atoms with E-state index in [9.17, 15) is 14.4 Å². The van der Waals surface area contributed by atoms with Crippen LogP contribution in [0.25, 0.3) is 11.1 Å². The van der Waals surface area contributed by atoms with Crippen molar-refractivity contribution < 1.29 is 18.8 Å². The lowest BCUT2D eigenvalue weighted by atomic mass is 9.86. The van der Waals surface area contributed by atoms with E-state index >= 15 is 4.39 Å². The highest BCUT2D eigenvalue weighted by Gasteiger charge is 2.45. The summed E-state index contributed by atoms with van der Waals surface area (Å²) in [6.07, 6.45) is 1.53. The molecule has 9 heteroatoms. The molecule has 8 rings (SSSR count). The molecule has 0 aliphatic carbocycles. The van der Waals surface area contributed by atoms with Crippen LogP contribution in [0.4, 0.5) is 4.39 Å². The van der Waals surface area contributed by atoms with Gasteiger partial charge in [-0.25, -0.2) is 4.39 Å². The van der Waals surface area contributed by atoms with Crippen molar-refractivity contribution in [3.8, 4) is 11.1 Å². The SMILES string of the molecule is O=C1CCC(N2Cc3c(ccc(CN4C5CC4CN(Cc4ccccc4-c4ccc(Cl)cc4)C5)c3F)C2=O)C(=O)N1. The molecule has 41 heavy (non-hydrogen) atoms. The fourth-order valence-corrected chi connectivity index (χ4v) is 7.07. The number of piperidine rings is 2. The molecule has 4 saturated heterocycles. The second-order valence-electron chi connectivity index (χ2n) is 11.5. The topological polar surface area (TPSA) is 73.0 Å². The van der Waals surface area contributed by atoms with Crippen molar-refractivity contribution in [2.24, 2.45) is 0 Å². The molecule has 3 unspecified atom stereocenters. The molecule has 0 saturated carbocycles. The maximum Gasteiger partial charge on any atom is 0.255 e. The quantitative estimate of drug-likeness (QED) is 0.444. The number of carbonyl (C=O) groups is 3. The van der Waals surface area contributed by atoms with Gasteiger partial charge in [0.05, 0.1) is 6.54 Å². The van der Waals surface area contributed by atoms with Crippen LogP contribution in [0.5, 0.6) is 0 Å². The van der Waals surface area contributed by atoms with E-state index < -0.39 is 11.9 Å². The Hall–Kier alpha value is -3.59. The van der Waals surface area contributed by atoms with Crippen molar-refractivity contribution in [1.82, 2.24) is 20.0 Å². The van der Waals surface area contributed by atoms with Crippen LogP contribution in [0.3, 0.4) is 0 Å². The fourth-order valence-electron chi connectivity index (χ4n) is 6.94. The van der Waals surface area contributed by atoms with E-state index in [1.807, 2.05) is 12.1 Å². The lowest BCUT2D eigenvalue weighted by molar-refractivity contribution is -0.136. The Bertz CT molecular complexity index is 1550. The van der Waals surface area contributed by atoms with Gasteiger partial charge in [-0.05, 0) is 47.7 Å². The van der Waals surface area contributed by atoms with Crippen LogP contribution in [-0.4, -0.2) is 63.6 Å².